The lowest BCUT2D eigenvalue weighted by molar-refractivity contribution is 0.671. The molecule has 0 fully saturated rings. The molecule has 8 heteroatoms. The maximum atomic E-state index is 9.85. The molecule has 0 N–H and O–H groups in total. The quantitative estimate of drug-likeness (QED) is 0.400. The SMILES string of the molecule is [B]c1c([B])c([B])c(-c2c(C#N)ccc3c2oc2c(-c4ccccn4)cccc23)c([B])c1[B]. The minimum Gasteiger partial charge on any atom is -0.455 e. The van der Waals surface area contributed by atoms with Crippen LogP contribution >= 0.6 is 0 Å². The van der Waals surface area contributed by atoms with Crippen LogP contribution in [0.4, 0.5) is 0 Å². The molecule has 5 aromatic rings. The summed E-state index contributed by atoms with van der Waals surface area (Å²) in [7, 11) is 30.8. The molecule has 0 bridgehead atoms. The number of fused-ring (bicyclic) bond motifs is 3. The van der Waals surface area contributed by atoms with E-state index in [1.807, 2.05) is 42.5 Å². The highest BCUT2D eigenvalue weighted by Gasteiger charge is 2.22. The first-order valence-corrected chi connectivity index (χ1v) is 9.75. The maximum Gasteiger partial charge on any atom is 0.144 e. The molecule has 0 aliphatic rings. The largest absolute Gasteiger partial charge is 0.455 e. The summed E-state index contributed by atoms with van der Waals surface area (Å²) < 4.78 is 6.37. The number of hydrogen-bond donors (Lipinski definition) is 0. The van der Waals surface area contributed by atoms with Gasteiger partial charge in [0, 0.05) is 28.1 Å². The second-order valence-corrected chi connectivity index (χ2v) is 7.42. The number of pyridine rings is 1. The van der Waals surface area contributed by atoms with E-state index in [-0.39, 0.29) is 27.3 Å². The fourth-order valence-corrected chi connectivity index (χ4v) is 4.05. The summed E-state index contributed by atoms with van der Waals surface area (Å²) in [6.07, 6.45) is 1.72. The zero-order valence-electron chi connectivity index (χ0n) is 16.9. The summed E-state index contributed by atoms with van der Waals surface area (Å²) in [4.78, 5) is 4.45. The molecule has 32 heavy (non-hydrogen) atoms. The van der Waals surface area contributed by atoms with Crippen LogP contribution in [0.3, 0.4) is 0 Å². The van der Waals surface area contributed by atoms with Crippen molar-refractivity contribution in [2.24, 2.45) is 0 Å². The van der Waals surface area contributed by atoms with Crippen LogP contribution in [0.2, 0.25) is 0 Å². The molecule has 136 valence electrons. The Balaban J connectivity index is 1.95. The summed E-state index contributed by atoms with van der Waals surface area (Å²) in [5.41, 5.74) is 4.34. The second kappa shape index (κ2) is 7.53. The van der Waals surface area contributed by atoms with Gasteiger partial charge in [-0.15, -0.1) is 16.4 Å². The summed E-state index contributed by atoms with van der Waals surface area (Å²) in [6, 6.07) is 17.2. The van der Waals surface area contributed by atoms with Gasteiger partial charge in [0.25, 0.3) is 0 Å². The lowest BCUT2D eigenvalue weighted by atomic mass is 9.59. The van der Waals surface area contributed by atoms with E-state index in [4.69, 9.17) is 43.6 Å². The van der Waals surface area contributed by atoms with Gasteiger partial charge < -0.3 is 4.42 Å². The summed E-state index contributed by atoms with van der Waals surface area (Å²) in [5.74, 6) is 0. The molecule has 3 aromatic carbocycles. The number of aromatic nitrogens is 1. The predicted octanol–water partition coefficient (Wildman–Crippen LogP) is 0.156. The monoisotopic (exact) mass is 396 g/mol. The Bertz CT molecular complexity index is 1560. The Morgan fingerprint density at radius 2 is 1.38 bits per heavy atom. The minimum absolute atomic E-state index is 0.108. The van der Waals surface area contributed by atoms with E-state index >= 15 is 0 Å². The van der Waals surface area contributed by atoms with Gasteiger partial charge in [-0.2, -0.15) is 5.26 Å². The van der Waals surface area contributed by atoms with Gasteiger partial charge in [0.15, 0.2) is 0 Å². The van der Waals surface area contributed by atoms with Crippen molar-refractivity contribution >= 4 is 88.5 Å². The maximum absolute atomic E-state index is 9.85. The molecule has 0 aliphatic heterocycles. The molecular weight excluding hydrogens is 386 g/mol. The third kappa shape index (κ3) is 2.85. The number of para-hydroxylation sites is 1. The standard InChI is InChI=1S/C24H9B5N2O/c25-18-17(19(26)21(28)22(29)20(18)27)16-11(10-30)7-8-13-12-4-3-5-14(23(12)32-24(13)16)15-6-1-2-9-31-15/h1-9H. The molecule has 0 amide bonds. The topological polar surface area (TPSA) is 49.8 Å². The van der Waals surface area contributed by atoms with Gasteiger partial charge in [0.1, 0.15) is 50.4 Å². The number of hydrogen-bond acceptors (Lipinski definition) is 3. The molecular formula is C24H9B5N2O. The van der Waals surface area contributed by atoms with Crippen LogP contribution in [-0.4, -0.2) is 44.2 Å². The first kappa shape index (κ1) is 20.3. The number of furan rings is 1. The number of nitrogens with zero attached hydrogens (tertiary/aromatic N) is 2. The average Bonchev–Trinajstić information content (AvgIpc) is 3.21. The molecule has 10 radical (unpaired) electrons. The van der Waals surface area contributed by atoms with Crippen molar-refractivity contribution < 1.29 is 4.42 Å². The Labute approximate surface area is 191 Å². The van der Waals surface area contributed by atoms with Crippen LogP contribution in [-0.2, 0) is 0 Å². The van der Waals surface area contributed by atoms with Crippen molar-refractivity contribution in [1.82, 2.24) is 4.98 Å². The van der Waals surface area contributed by atoms with Crippen LogP contribution < -0.4 is 27.3 Å². The minimum atomic E-state index is 0.108. The van der Waals surface area contributed by atoms with E-state index in [2.05, 4.69) is 11.1 Å². The van der Waals surface area contributed by atoms with E-state index in [1.54, 1.807) is 12.3 Å². The third-order valence-corrected chi connectivity index (χ3v) is 5.68. The number of nitriles is 1. The van der Waals surface area contributed by atoms with Crippen molar-refractivity contribution in [3.05, 3.63) is 60.3 Å². The van der Waals surface area contributed by atoms with Gasteiger partial charge in [-0.1, -0.05) is 29.1 Å². The van der Waals surface area contributed by atoms with Crippen molar-refractivity contribution in [2.75, 3.05) is 0 Å². The van der Waals surface area contributed by atoms with E-state index in [0.717, 1.165) is 22.0 Å². The first-order valence-electron chi connectivity index (χ1n) is 9.75. The van der Waals surface area contributed by atoms with Gasteiger partial charge in [-0.05, 0) is 35.9 Å². The molecule has 0 atom stereocenters. The van der Waals surface area contributed by atoms with Gasteiger partial charge in [-0.25, -0.2) is 0 Å². The highest BCUT2D eigenvalue weighted by molar-refractivity contribution is 6.68. The number of rotatable bonds is 2. The van der Waals surface area contributed by atoms with Gasteiger partial charge >= 0.3 is 0 Å². The molecule has 0 saturated carbocycles. The van der Waals surface area contributed by atoms with Gasteiger partial charge in [-0.3, -0.25) is 4.98 Å². The molecule has 0 unspecified atom stereocenters. The molecule has 0 aliphatic carbocycles. The van der Waals surface area contributed by atoms with Gasteiger partial charge in [0.05, 0.1) is 17.3 Å². The lowest BCUT2D eigenvalue weighted by Crippen LogP contribution is -2.55. The van der Waals surface area contributed by atoms with Gasteiger partial charge in [0.2, 0.25) is 0 Å². The van der Waals surface area contributed by atoms with Crippen LogP contribution in [0.25, 0.3) is 44.3 Å². The predicted molar refractivity (Wildman–Crippen MR) is 134 cm³/mol. The third-order valence-electron chi connectivity index (χ3n) is 5.68. The van der Waals surface area contributed by atoms with Crippen molar-refractivity contribution in [3.63, 3.8) is 0 Å². The molecule has 2 aromatic heterocycles. The number of benzene rings is 3. The van der Waals surface area contributed by atoms with E-state index in [9.17, 15) is 5.26 Å². The summed E-state index contributed by atoms with van der Waals surface area (Å²) in [5, 5.41) is 11.5. The molecule has 3 nitrogen and oxygen atoms in total. The highest BCUT2D eigenvalue weighted by Crippen LogP contribution is 2.39. The van der Waals surface area contributed by atoms with Crippen LogP contribution in [0.5, 0.6) is 0 Å². The van der Waals surface area contributed by atoms with E-state index in [1.165, 1.54) is 0 Å². The Morgan fingerprint density at radius 1 is 0.688 bits per heavy atom. The van der Waals surface area contributed by atoms with Crippen LogP contribution in [0.1, 0.15) is 5.56 Å². The Morgan fingerprint density at radius 3 is 2.03 bits per heavy atom. The van der Waals surface area contributed by atoms with E-state index < -0.39 is 0 Å². The lowest BCUT2D eigenvalue weighted by Gasteiger charge is -2.22. The Kier molecular flexibility index (Phi) is 4.79. The molecule has 0 saturated heterocycles. The fourth-order valence-electron chi connectivity index (χ4n) is 4.05. The summed E-state index contributed by atoms with van der Waals surface area (Å²) >= 11 is 0. The second-order valence-electron chi connectivity index (χ2n) is 7.42. The van der Waals surface area contributed by atoms with Crippen molar-refractivity contribution in [1.29, 1.82) is 5.26 Å². The van der Waals surface area contributed by atoms with Crippen molar-refractivity contribution in [3.8, 4) is 28.5 Å². The van der Waals surface area contributed by atoms with Crippen LogP contribution in [0.15, 0.2) is 59.1 Å². The first-order chi connectivity index (χ1) is 15.4. The summed E-state index contributed by atoms with van der Waals surface area (Å²) in [6.45, 7) is 0. The zero-order chi connectivity index (χ0) is 22.6. The highest BCUT2D eigenvalue weighted by atomic mass is 16.3. The average molecular weight is 395 g/mol. The molecule has 5 rings (SSSR count). The molecule has 2 heterocycles. The zero-order valence-corrected chi connectivity index (χ0v) is 16.9. The Hall–Kier alpha value is -3.58. The fraction of sp³-hybridized carbons (Fsp3) is 0. The van der Waals surface area contributed by atoms with Crippen LogP contribution in [0, 0.1) is 11.3 Å². The van der Waals surface area contributed by atoms with E-state index in [0.29, 0.717) is 27.9 Å². The smallest absolute Gasteiger partial charge is 0.144 e. The normalized spacial score (nSPS) is 11.1. The molecule has 0 spiro atoms. The van der Waals surface area contributed by atoms with Crippen molar-refractivity contribution in [2.45, 2.75) is 0 Å².